The van der Waals surface area contributed by atoms with Gasteiger partial charge in [0.05, 0.1) is 12.2 Å². The van der Waals surface area contributed by atoms with Gasteiger partial charge in [-0.15, -0.1) is 5.10 Å². The maximum Gasteiger partial charge on any atom is 0.221 e. The summed E-state index contributed by atoms with van der Waals surface area (Å²) in [5, 5.41) is 15.2. The molecule has 1 atom stereocenters. The lowest BCUT2D eigenvalue weighted by atomic mass is 10.0. The van der Waals surface area contributed by atoms with Crippen molar-refractivity contribution in [2.75, 3.05) is 13.1 Å². The van der Waals surface area contributed by atoms with Gasteiger partial charge in [-0.1, -0.05) is 48.5 Å². The van der Waals surface area contributed by atoms with E-state index < -0.39 is 0 Å². The van der Waals surface area contributed by atoms with Gasteiger partial charge < -0.3 is 5.32 Å². The number of carbonyl (C=O) groups is 1. The largest absolute Gasteiger partial charge is 0.355 e. The molecule has 0 radical (unpaired) electrons. The number of hydrogen-bond acceptors (Lipinski definition) is 5. The smallest absolute Gasteiger partial charge is 0.221 e. The molecule has 1 fully saturated rings. The number of nitrogens with one attached hydrogen (secondary N) is 1. The number of nitrogens with zero attached hydrogens (tertiary/aromatic N) is 5. The zero-order chi connectivity index (χ0) is 17.8. The average Bonchev–Trinajstić information content (AvgIpc) is 3.07. The lowest BCUT2D eigenvalue weighted by Gasteiger charge is -2.28. The minimum absolute atomic E-state index is 0.000349. The molecular weight excluding hydrogens is 328 g/mol. The normalized spacial score (nSPS) is 18.3. The number of rotatable bonds is 4. The van der Waals surface area contributed by atoms with E-state index in [1.54, 1.807) is 4.68 Å². The fraction of sp³-hybridized carbons (Fsp3) is 0.263. The summed E-state index contributed by atoms with van der Waals surface area (Å²) in [5.74, 6) is 0.829. The van der Waals surface area contributed by atoms with Crippen LogP contribution in [0.1, 0.15) is 23.9 Å². The Hall–Kier alpha value is -3.06. The van der Waals surface area contributed by atoms with Gasteiger partial charge in [0.25, 0.3) is 0 Å². The number of carbonyl (C=O) groups excluding carboxylic acids is 1. The first-order valence-electron chi connectivity index (χ1n) is 8.69. The van der Waals surface area contributed by atoms with Gasteiger partial charge in [-0.05, 0) is 28.1 Å². The van der Waals surface area contributed by atoms with Crippen molar-refractivity contribution in [3.63, 3.8) is 0 Å². The molecule has 4 rings (SSSR count). The maximum absolute atomic E-state index is 12.1. The van der Waals surface area contributed by atoms with Crippen molar-refractivity contribution in [1.29, 1.82) is 0 Å². The molecule has 1 amide bonds. The molecule has 3 aromatic rings. The molecule has 1 aliphatic heterocycles. The molecule has 0 unspecified atom stereocenters. The van der Waals surface area contributed by atoms with Crippen LogP contribution in [0.15, 0.2) is 60.7 Å². The van der Waals surface area contributed by atoms with Crippen LogP contribution in [0.3, 0.4) is 0 Å². The van der Waals surface area contributed by atoms with E-state index in [2.05, 4.69) is 37.9 Å². The summed E-state index contributed by atoms with van der Waals surface area (Å²) in [6.07, 6.45) is 0.427. The summed E-state index contributed by atoms with van der Waals surface area (Å²) in [6.45, 7) is 1.93. The SMILES string of the molecule is O=C1C[C@@H](c2ccccc2)N(Cc2nnnn2-c2ccccc2)CCN1. The summed E-state index contributed by atoms with van der Waals surface area (Å²) < 4.78 is 1.75. The third-order valence-electron chi connectivity index (χ3n) is 4.60. The van der Waals surface area contributed by atoms with Crippen LogP contribution in [0, 0.1) is 0 Å². The molecule has 26 heavy (non-hydrogen) atoms. The molecule has 132 valence electrons. The van der Waals surface area contributed by atoms with Gasteiger partial charge in [-0.25, -0.2) is 0 Å². The molecule has 0 aliphatic carbocycles. The van der Waals surface area contributed by atoms with Crippen molar-refractivity contribution >= 4 is 5.91 Å². The Bertz CT molecular complexity index is 864. The molecule has 1 saturated heterocycles. The van der Waals surface area contributed by atoms with Crippen LogP contribution in [0.4, 0.5) is 0 Å². The number of aromatic nitrogens is 4. The standard InChI is InChI=1S/C19H20N6O/c26-19-13-17(15-7-3-1-4-8-15)24(12-11-20-19)14-18-21-22-23-25(18)16-9-5-2-6-10-16/h1-10,17H,11-14H2,(H,20,26)/t17-/m0/s1. The topological polar surface area (TPSA) is 75.9 Å². The Kier molecular flexibility index (Phi) is 4.70. The number of para-hydroxylation sites is 1. The number of tetrazole rings is 1. The highest BCUT2D eigenvalue weighted by molar-refractivity contribution is 5.77. The summed E-state index contributed by atoms with van der Waals surface area (Å²) in [5.41, 5.74) is 2.05. The number of benzene rings is 2. The number of amides is 1. The van der Waals surface area contributed by atoms with Gasteiger partial charge in [0.15, 0.2) is 5.82 Å². The van der Waals surface area contributed by atoms with E-state index in [4.69, 9.17) is 0 Å². The molecule has 1 N–H and O–H groups in total. The second kappa shape index (κ2) is 7.45. The molecule has 7 nitrogen and oxygen atoms in total. The zero-order valence-electron chi connectivity index (χ0n) is 14.3. The van der Waals surface area contributed by atoms with Crippen LogP contribution in [-0.4, -0.2) is 44.1 Å². The summed E-state index contributed by atoms with van der Waals surface area (Å²) in [6, 6.07) is 20.0. The van der Waals surface area contributed by atoms with Crippen molar-refractivity contribution in [3.8, 4) is 5.69 Å². The van der Waals surface area contributed by atoms with E-state index in [0.717, 1.165) is 23.6 Å². The van der Waals surface area contributed by atoms with Gasteiger partial charge in [-0.3, -0.25) is 9.69 Å². The van der Waals surface area contributed by atoms with Gasteiger partial charge in [0.1, 0.15) is 0 Å². The molecule has 1 aromatic heterocycles. The maximum atomic E-state index is 12.1. The van der Waals surface area contributed by atoms with E-state index in [0.29, 0.717) is 19.5 Å². The first kappa shape index (κ1) is 16.4. The number of hydrogen-bond donors (Lipinski definition) is 1. The van der Waals surface area contributed by atoms with Gasteiger partial charge >= 0.3 is 0 Å². The minimum Gasteiger partial charge on any atom is -0.355 e. The molecule has 7 heteroatoms. The van der Waals surface area contributed by atoms with Crippen LogP contribution in [0.5, 0.6) is 0 Å². The van der Waals surface area contributed by atoms with E-state index in [1.807, 2.05) is 48.5 Å². The molecule has 0 bridgehead atoms. The van der Waals surface area contributed by atoms with E-state index in [9.17, 15) is 4.79 Å². The Morgan fingerprint density at radius 3 is 2.54 bits per heavy atom. The molecule has 2 heterocycles. The van der Waals surface area contributed by atoms with Crippen LogP contribution < -0.4 is 5.32 Å². The van der Waals surface area contributed by atoms with Crippen molar-refractivity contribution < 1.29 is 4.79 Å². The Labute approximate surface area is 151 Å². The lowest BCUT2D eigenvalue weighted by Crippen LogP contribution is -2.31. The minimum atomic E-state index is -0.000349. The van der Waals surface area contributed by atoms with Crippen LogP contribution in [0.2, 0.25) is 0 Å². The predicted octanol–water partition coefficient (Wildman–Crippen LogP) is 1.73. The molecule has 0 spiro atoms. The zero-order valence-corrected chi connectivity index (χ0v) is 14.3. The Balaban J connectivity index is 1.63. The van der Waals surface area contributed by atoms with Crippen molar-refractivity contribution in [2.24, 2.45) is 0 Å². The highest BCUT2D eigenvalue weighted by Crippen LogP contribution is 2.27. The Morgan fingerprint density at radius 2 is 1.77 bits per heavy atom. The highest BCUT2D eigenvalue weighted by Gasteiger charge is 2.27. The average molecular weight is 348 g/mol. The summed E-state index contributed by atoms with van der Waals surface area (Å²) >= 11 is 0. The van der Waals surface area contributed by atoms with Gasteiger partial charge in [0, 0.05) is 25.6 Å². The highest BCUT2D eigenvalue weighted by atomic mass is 16.1. The quantitative estimate of drug-likeness (QED) is 0.777. The fourth-order valence-corrected chi connectivity index (χ4v) is 3.32. The molecular formula is C19H20N6O. The van der Waals surface area contributed by atoms with Crippen LogP contribution >= 0.6 is 0 Å². The van der Waals surface area contributed by atoms with E-state index >= 15 is 0 Å². The van der Waals surface area contributed by atoms with Crippen LogP contribution in [-0.2, 0) is 11.3 Å². The molecule has 1 aliphatic rings. The third kappa shape index (κ3) is 3.48. The predicted molar refractivity (Wildman–Crippen MR) is 96.4 cm³/mol. The summed E-state index contributed by atoms with van der Waals surface area (Å²) in [4.78, 5) is 14.4. The third-order valence-corrected chi connectivity index (χ3v) is 4.60. The Morgan fingerprint density at radius 1 is 1.04 bits per heavy atom. The summed E-state index contributed by atoms with van der Waals surface area (Å²) in [7, 11) is 0. The monoisotopic (exact) mass is 348 g/mol. The fourth-order valence-electron chi connectivity index (χ4n) is 3.32. The van der Waals surface area contributed by atoms with Gasteiger partial charge in [0.2, 0.25) is 5.91 Å². The second-order valence-electron chi connectivity index (χ2n) is 6.29. The van der Waals surface area contributed by atoms with E-state index in [-0.39, 0.29) is 11.9 Å². The van der Waals surface area contributed by atoms with Gasteiger partial charge in [-0.2, -0.15) is 4.68 Å². The van der Waals surface area contributed by atoms with Crippen molar-refractivity contribution in [2.45, 2.75) is 19.0 Å². The van der Waals surface area contributed by atoms with E-state index in [1.165, 1.54) is 0 Å². The lowest BCUT2D eigenvalue weighted by molar-refractivity contribution is -0.121. The molecule has 0 saturated carbocycles. The van der Waals surface area contributed by atoms with Crippen molar-refractivity contribution in [3.05, 3.63) is 72.1 Å². The molecule has 2 aromatic carbocycles. The second-order valence-corrected chi connectivity index (χ2v) is 6.29. The van der Waals surface area contributed by atoms with Crippen molar-refractivity contribution in [1.82, 2.24) is 30.4 Å². The van der Waals surface area contributed by atoms with Crippen LogP contribution in [0.25, 0.3) is 5.69 Å². The first-order chi connectivity index (χ1) is 12.8. The first-order valence-corrected chi connectivity index (χ1v) is 8.69.